The number of hydrogen-bond donors (Lipinski definition) is 4. The van der Waals surface area contributed by atoms with Gasteiger partial charge in [0.05, 0.1) is 17.1 Å². The summed E-state index contributed by atoms with van der Waals surface area (Å²) >= 11 is 5.92. The standard InChI is InChI=1S/C15H18N4OS2/c1-15(21)5-2-9(16)10(3-6-15)18-13(20)14-19-11-4-7-17-8-12(11)22-14/h2-3,5-6,17,21H,4,7-8,16H2,1H3,(H,18,20). The first-order valence-electron chi connectivity index (χ1n) is 7.06. The van der Waals surface area contributed by atoms with Gasteiger partial charge in [-0.1, -0.05) is 12.2 Å². The molecule has 22 heavy (non-hydrogen) atoms. The van der Waals surface area contributed by atoms with Gasteiger partial charge in [0.25, 0.3) is 5.91 Å². The van der Waals surface area contributed by atoms with Crippen molar-refractivity contribution in [3.63, 3.8) is 0 Å². The van der Waals surface area contributed by atoms with E-state index in [0.717, 1.165) is 30.1 Å². The predicted octanol–water partition coefficient (Wildman–Crippen LogP) is 1.50. The fourth-order valence-electron chi connectivity index (χ4n) is 2.26. The highest BCUT2D eigenvalue weighted by atomic mass is 32.1. The van der Waals surface area contributed by atoms with E-state index in [0.29, 0.717) is 16.4 Å². The lowest BCUT2D eigenvalue weighted by molar-refractivity contribution is 0.0966. The first-order valence-corrected chi connectivity index (χ1v) is 8.32. The van der Waals surface area contributed by atoms with E-state index in [1.807, 2.05) is 19.1 Å². The summed E-state index contributed by atoms with van der Waals surface area (Å²) in [5.74, 6) is -0.224. The zero-order chi connectivity index (χ0) is 15.7. The monoisotopic (exact) mass is 334 g/mol. The summed E-state index contributed by atoms with van der Waals surface area (Å²) in [6.07, 6.45) is 8.19. The van der Waals surface area contributed by atoms with Crippen molar-refractivity contribution in [3.05, 3.63) is 51.3 Å². The first kappa shape index (κ1) is 15.3. The van der Waals surface area contributed by atoms with Crippen LogP contribution in [-0.2, 0) is 13.0 Å². The van der Waals surface area contributed by atoms with Crippen LogP contribution in [0.5, 0.6) is 0 Å². The van der Waals surface area contributed by atoms with E-state index in [9.17, 15) is 4.79 Å². The van der Waals surface area contributed by atoms with Crippen LogP contribution in [0.4, 0.5) is 0 Å². The molecule has 2 heterocycles. The number of allylic oxidation sites excluding steroid dienone is 2. The Kier molecular flexibility index (Phi) is 4.12. The predicted molar refractivity (Wildman–Crippen MR) is 91.9 cm³/mol. The van der Waals surface area contributed by atoms with Gasteiger partial charge in [0.15, 0.2) is 5.01 Å². The minimum absolute atomic E-state index is 0.224. The maximum absolute atomic E-state index is 12.4. The van der Waals surface area contributed by atoms with Crippen molar-refractivity contribution in [2.75, 3.05) is 6.54 Å². The molecular formula is C15H18N4OS2. The largest absolute Gasteiger partial charge is 0.397 e. The smallest absolute Gasteiger partial charge is 0.284 e. The zero-order valence-corrected chi connectivity index (χ0v) is 13.9. The van der Waals surface area contributed by atoms with Crippen molar-refractivity contribution >= 4 is 29.9 Å². The quantitative estimate of drug-likeness (QED) is 0.618. The summed E-state index contributed by atoms with van der Waals surface area (Å²) in [5, 5.41) is 6.60. The molecular weight excluding hydrogens is 316 g/mol. The number of carbonyl (C=O) groups excluding carboxylic acids is 1. The number of nitrogens with one attached hydrogen (secondary N) is 2. The number of nitrogens with two attached hydrogens (primary N) is 1. The second kappa shape index (κ2) is 5.91. The highest BCUT2D eigenvalue weighted by molar-refractivity contribution is 7.82. The van der Waals surface area contributed by atoms with Crippen molar-refractivity contribution in [1.29, 1.82) is 0 Å². The number of hydrogen-bond acceptors (Lipinski definition) is 6. The van der Waals surface area contributed by atoms with Crippen molar-refractivity contribution < 1.29 is 4.79 Å². The highest BCUT2D eigenvalue weighted by Crippen LogP contribution is 2.24. The van der Waals surface area contributed by atoms with Gasteiger partial charge in [-0.15, -0.1) is 11.3 Å². The molecule has 1 aliphatic heterocycles. The summed E-state index contributed by atoms with van der Waals surface area (Å²) < 4.78 is -0.386. The summed E-state index contributed by atoms with van der Waals surface area (Å²) in [5.41, 5.74) is 8.09. The van der Waals surface area contributed by atoms with E-state index in [1.165, 1.54) is 11.3 Å². The second-order valence-corrected chi connectivity index (χ2v) is 7.58. The van der Waals surface area contributed by atoms with Gasteiger partial charge in [0.2, 0.25) is 0 Å². The molecule has 0 spiro atoms. The summed E-state index contributed by atoms with van der Waals surface area (Å²) in [7, 11) is 0. The van der Waals surface area contributed by atoms with Crippen LogP contribution >= 0.6 is 24.0 Å². The Hall–Kier alpha value is -1.57. The van der Waals surface area contributed by atoms with E-state index in [4.69, 9.17) is 5.73 Å². The summed E-state index contributed by atoms with van der Waals surface area (Å²) in [4.78, 5) is 18.0. The van der Waals surface area contributed by atoms with E-state index in [-0.39, 0.29) is 10.7 Å². The Morgan fingerprint density at radius 1 is 1.50 bits per heavy atom. The number of fused-ring (bicyclic) bond motifs is 1. The van der Waals surface area contributed by atoms with Crippen molar-refractivity contribution in [1.82, 2.24) is 15.6 Å². The van der Waals surface area contributed by atoms with Gasteiger partial charge < -0.3 is 16.4 Å². The first-order chi connectivity index (χ1) is 10.4. The van der Waals surface area contributed by atoms with E-state index in [2.05, 4.69) is 28.2 Å². The van der Waals surface area contributed by atoms with Crippen LogP contribution in [-0.4, -0.2) is 22.2 Å². The lowest BCUT2D eigenvalue weighted by atomic mass is 10.1. The van der Waals surface area contributed by atoms with Crippen LogP contribution in [0, 0.1) is 0 Å². The molecule has 0 saturated heterocycles. The maximum Gasteiger partial charge on any atom is 0.284 e. The van der Waals surface area contributed by atoms with Gasteiger partial charge in [-0.3, -0.25) is 4.79 Å². The molecule has 3 rings (SSSR count). The molecule has 116 valence electrons. The number of rotatable bonds is 2. The Labute approximate surface area is 138 Å². The van der Waals surface area contributed by atoms with Crippen molar-refractivity contribution in [2.24, 2.45) is 5.73 Å². The van der Waals surface area contributed by atoms with Crippen LogP contribution in [0.3, 0.4) is 0 Å². The molecule has 0 aromatic carbocycles. The third kappa shape index (κ3) is 3.26. The van der Waals surface area contributed by atoms with E-state index >= 15 is 0 Å². The number of thiazole rings is 1. The van der Waals surface area contributed by atoms with Gasteiger partial charge in [0, 0.05) is 29.1 Å². The van der Waals surface area contributed by atoms with Gasteiger partial charge in [-0.05, 0) is 19.1 Å². The van der Waals surface area contributed by atoms with Gasteiger partial charge >= 0.3 is 0 Å². The Morgan fingerprint density at radius 3 is 3.05 bits per heavy atom. The molecule has 1 atom stereocenters. The molecule has 0 saturated carbocycles. The van der Waals surface area contributed by atoms with Gasteiger partial charge in [0.1, 0.15) is 0 Å². The molecule has 5 nitrogen and oxygen atoms in total. The zero-order valence-electron chi connectivity index (χ0n) is 12.2. The molecule has 1 aliphatic carbocycles. The van der Waals surface area contributed by atoms with Crippen LogP contribution in [0.25, 0.3) is 0 Å². The van der Waals surface area contributed by atoms with E-state index in [1.54, 1.807) is 12.2 Å². The van der Waals surface area contributed by atoms with Crippen molar-refractivity contribution in [2.45, 2.75) is 24.6 Å². The minimum Gasteiger partial charge on any atom is -0.397 e. The topological polar surface area (TPSA) is 80.0 Å². The lowest BCUT2D eigenvalue weighted by Crippen LogP contribution is -2.24. The third-order valence-electron chi connectivity index (χ3n) is 3.54. The average molecular weight is 334 g/mol. The molecule has 0 fully saturated rings. The van der Waals surface area contributed by atoms with E-state index < -0.39 is 0 Å². The number of amides is 1. The average Bonchev–Trinajstić information content (AvgIpc) is 2.88. The molecule has 1 unspecified atom stereocenters. The van der Waals surface area contributed by atoms with Crippen LogP contribution < -0.4 is 16.4 Å². The molecule has 0 radical (unpaired) electrons. The highest BCUT2D eigenvalue weighted by Gasteiger charge is 2.20. The lowest BCUT2D eigenvalue weighted by Gasteiger charge is -2.11. The third-order valence-corrected chi connectivity index (χ3v) is 4.94. The van der Waals surface area contributed by atoms with Crippen LogP contribution in [0.15, 0.2) is 35.7 Å². The Balaban J connectivity index is 1.79. The van der Waals surface area contributed by atoms with Crippen LogP contribution in [0.2, 0.25) is 0 Å². The minimum atomic E-state index is -0.386. The normalized spacial score (nSPS) is 24.1. The van der Waals surface area contributed by atoms with Crippen molar-refractivity contribution in [3.8, 4) is 0 Å². The fourth-order valence-corrected chi connectivity index (χ4v) is 3.39. The van der Waals surface area contributed by atoms with Gasteiger partial charge in [-0.2, -0.15) is 12.6 Å². The summed E-state index contributed by atoms with van der Waals surface area (Å²) in [6.45, 7) is 3.64. The Bertz CT molecular complexity index is 677. The number of thiol groups is 1. The molecule has 2 aliphatic rings. The Morgan fingerprint density at radius 2 is 2.27 bits per heavy atom. The number of aromatic nitrogens is 1. The second-order valence-electron chi connectivity index (χ2n) is 5.53. The molecule has 1 aromatic heterocycles. The molecule has 4 N–H and O–H groups in total. The fraction of sp³-hybridized carbons (Fsp3) is 0.333. The number of nitrogens with zero attached hydrogens (tertiary/aromatic N) is 1. The molecule has 7 heteroatoms. The summed E-state index contributed by atoms with van der Waals surface area (Å²) in [6, 6.07) is 0. The molecule has 1 amide bonds. The van der Waals surface area contributed by atoms with Crippen LogP contribution in [0.1, 0.15) is 27.3 Å². The SMILES string of the molecule is CC1(S)C=CC(N)=C(NC(=O)c2nc3c(s2)CNCC3)C=C1. The van der Waals surface area contributed by atoms with Gasteiger partial charge in [-0.25, -0.2) is 4.98 Å². The number of carbonyl (C=O) groups is 1. The molecule has 0 bridgehead atoms. The maximum atomic E-state index is 12.4. The molecule has 1 aromatic rings.